The van der Waals surface area contributed by atoms with Crippen LogP contribution in [0.25, 0.3) is 0 Å². The van der Waals surface area contributed by atoms with Crippen LogP contribution < -0.4 is 5.32 Å². The van der Waals surface area contributed by atoms with E-state index in [1.54, 1.807) is 0 Å². The fourth-order valence-electron chi connectivity index (χ4n) is 13.1. The standard InChI is InChI=1S/C80H153NO8/c1-3-5-7-9-11-13-15-17-19-21-23-25-27-29-31-32-33-34-35-36-37-38-39-40-41-42-44-46-48-50-52-54-56-58-60-62-64-66-68-70-76(84)81-73(72-88-80-79(87)78(86)77(85)75(71-82)89-80)74(83)69-67-65-63-61-59-57-55-53-51-49-47-45-43-30-28-26-24-22-20-18-16-14-12-10-8-6-4-2/h15,17,21,23,27,29,73-75,77-80,82-83,85-87H,3-14,16,18-20,22,24-26,28,30-72H2,1-2H3,(H,81,84)/b17-15-,23-21-,29-27-. The van der Waals surface area contributed by atoms with Gasteiger partial charge in [-0.15, -0.1) is 0 Å². The number of carbonyl (C=O) groups excluding carboxylic acids is 1. The molecule has 1 saturated heterocycles. The number of nitrogens with one attached hydrogen (secondary N) is 1. The molecule has 0 bridgehead atoms. The van der Waals surface area contributed by atoms with Gasteiger partial charge in [0.15, 0.2) is 6.29 Å². The van der Waals surface area contributed by atoms with E-state index in [4.69, 9.17) is 9.47 Å². The van der Waals surface area contributed by atoms with E-state index in [-0.39, 0.29) is 12.5 Å². The largest absolute Gasteiger partial charge is 0.394 e. The van der Waals surface area contributed by atoms with E-state index >= 15 is 0 Å². The molecule has 1 heterocycles. The molecule has 1 rings (SSSR count). The van der Waals surface area contributed by atoms with Crippen LogP contribution in [0.5, 0.6) is 0 Å². The molecule has 0 aromatic heterocycles. The maximum Gasteiger partial charge on any atom is 0.220 e. The summed E-state index contributed by atoms with van der Waals surface area (Å²) in [5, 5.41) is 55.1. The predicted molar refractivity (Wildman–Crippen MR) is 383 cm³/mol. The van der Waals surface area contributed by atoms with Crippen LogP contribution in [-0.4, -0.2) is 87.5 Å². The van der Waals surface area contributed by atoms with Gasteiger partial charge in [0.25, 0.3) is 0 Å². The van der Waals surface area contributed by atoms with Crippen LogP contribution in [-0.2, 0) is 14.3 Å². The quantitative estimate of drug-likeness (QED) is 0.0261. The fourth-order valence-corrected chi connectivity index (χ4v) is 13.1. The maximum absolute atomic E-state index is 13.2. The van der Waals surface area contributed by atoms with Crippen LogP contribution in [0.2, 0.25) is 0 Å². The zero-order valence-electron chi connectivity index (χ0n) is 59.2. The van der Waals surface area contributed by atoms with Crippen molar-refractivity contribution in [3.8, 4) is 0 Å². The molecule has 1 amide bonds. The van der Waals surface area contributed by atoms with Gasteiger partial charge in [-0.3, -0.25) is 4.79 Å². The van der Waals surface area contributed by atoms with Gasteiger partial charge in [-0.2, -0.15) is 0 Å². The topological polar surface area (TPSA) is 149 Å². The van der Waals surface area contributed by atoms with E-state index in [1.165, 1.54) is 334 Å². The minimum Gasteiger partial charge on any atom is -0.394 e. The molecule has 0 aliphatic carbocycles. The molecule has 0 spiro atoms. The first kappa shape index (κ1) is 85.4. The van der Waals surface area contributed by atoms with Crippen LogP contribution in [0.4, 0.5) is 0 Å². The molecule has 6 N–H and O–H groups in total. The highest BCUT2D eigenvalue weighted by Crippen LogP contribution is 2.24. The third kappa shape index (κ3) is 57.6. The first-order valence-corrected chi connectivity index (χ1v) is 39.7. The van der Waals surface area contributed by atoms with Crippen LogP contribution in [0.15, 0.2) is 36.5 Å². The number of aliphatic hydroxyl groups is 5. The zero-order valence-corrected chi connectivity index (χ0v) is 59.2. The summed E-state index contributed by atoms with van der Waals surface area (Å²) in [6, 6.07) is -0.719. The molecule has 1 fully saturated rings. The zero-order chi connectivity index (χ0) is 64.2. The molecule has 9 heteroatoms. The number of hydrogen-bond acceptors (Lipinski definition) is 8. The molecule has 526 valence electrons. The van der Waals surface area contributed by atoms with Gasteiger partial charge >= 0.3 is 0 Å². The van der Waals surface area contributed by atoms with Gasteiger partial charge in [0.05, 0.1) is 25.4 Å². The average molecular weight is 1260 g/mol. The lowest BCUT2D eigenvalue weighted by atomic mass is 9.99. The number of carbonyl (C=O) groups is 1. The van der Waals surface area contributed by atoms with E-state index in [0.29, 0.717) is 12.8 Å². The highest BCUT2D eigenvalue weighted by Gasteiger charge is 2.44. The monoisotopic (exact) mass is 1260 g/mol. The van der Waals surface area contributed by atoms with E-state index < -0.39 is 49.5 Å². The molecule has 9 nitrogen and oxygen atoms in total. The van der Waals surface area contributed by atoms with Crippen molar-refractivity contribution in [3.05, 3.63) is 36.5 Å². The Morgan fingerprint density at radius 1 is 0.382 bits per heavy atom. The molecule has 0 radical (unpaired) electrons. The van der Waals surface area contributed by atoms with Crippen molar-refractivity contribution in [1.29, 1.82) is 0 Å². The molecular formula is C80H153NO8. The molecule has 7 atom stereocenters. The van der Waals surface area contributed by atoms with Crippen molar-refractivity contribution in [2.45, 2.75) is 455 Å². The van der Waals surface area contributed by atoms with Gasteiger partial charge < -0.3 is 40.3 Å². The van der Waals surface area contributed by atoms with Crippen LogP contribution in [0, 0.1) is 0 Å². The molecule has 1 aliphatic rings. The Labute approximate surface area is 552 Å². The Morgan fingerprint density at radius 2 is 0.663 bits per heavy atom. The molecule has 89 heavy (non-hydrogen) atoms. The highest BCUT2D eigenvalue weighted by molar-refractivity contribution is 5.76. The number of allylic oxidation sites excluding steroid dienone is 6. The van der Waals surface area contributed by atoms with Crippen molar-refractivity contribution >= 4 is 5.91 Å². The van der Waals surface area contributed by atoms with E-state index in [2.05, 4.69) is 55.6 Å². The molecular weight excluding hydrogens is 1100 g/mol. The van der Waals surface area contributed by atoms with Crippen LogP contribution in [0.1, 0.15) is 412 Å². The molecule has 0 aromatic carbocycles. The summed E-state index contributed by atoms with van der Waals surface area (Å²) in [6.07, 6.45) is 86.8. The Balaban J connectivity index is 2.04. The van der Waals surface area contributed by atoms with Gasteiger partial charge in [0, 0.05) is 6.42 Å². The van der Waals surface area contributed by atoms with Crippen molar-refractivity contribution < 1.29 is 39.8 Å². The van der Waals surface area contributed by atoms with Crippen LogP contribution in [0.3, 0.4) is 0 Å². The van der Waals surface area contributed by atoms with Crippen molar-refractivity contribution in [2.24, 2.45) is 0 Å². The lowest BCUT2D eigenvalue weighted by Gasteiger charge is -2.40. The lowest BCUT2D eigenvalue weighted by molar-refractivity contribution is -0.302. The summed E-state index contributed by atoms with van der Waals surface area (Å²) in [7, 11) is 0. The summed E-state index contributed by atoms with van der Waals surface area (Å²) in [4.78, 5) is 13.2. The number of aliphatic hydroxyl groups excluding tert-OH is 5. The molecule has 0 saturated carbocycles. The third-order valence-electron chi connectivity index (χ3n) is 19.2. The lowest BCUT2D eigenvalue weighted by Crippen LogP contribution is -2.60. The normalized spacial score (nSPS) is 17.9. The second kappa shape index (κ2) is 69.2. The van der Waals surface area contributed by atoms with Crippen molar-refractivity contribution in [2.75, 3.05) is 13.2 Å². The van der Waals surface area contributed by atoms with Gasteiger partial charge in [-0.25, -0.2) is 0 Å². The second-order valence-electron chi connectivity index (χ2n) is 27.9. The summed E-state index contributed by atoms with van der Waals surface area (Å²) < 4.78 is 11.4. The van der Waals surface area contributed by atoms with Gasteiger partial charge in [0.1, 0.15) is 24.4 Å². The smallest absolute Gasteiger partial charge is 0.220 e. The maximum atomic E-state index is 13.2. The average Bonchev–Trinajstić information content (AvgIpc) is 2.42. The Kier molecular flexibility index (Phi) is 66.5. The second-order valence-corrected chi connectivity index (χ2v) is 27.9. The summed E-state index contributed by atoms with van der Waals surface area (Å²) >= 11 is 0. The molecule has 0 aromatic rings. The third-order valence-corrected chi connectivity index (χ3v) is 19.2. The minimum atomic E-state index is -1.55. The van der Waals surface area contributed by atoms with E-state index in [0.717, 1.165) is 51.4 Å². The summed E-state index contributed by atoms with van der Waals surface area (Å²) in [6.45, 7) is 3.89. The molecule has 7 unspecified atom stereocenters. The van der Waals surface area contributed by atoms with E-state index in [1.807, 2.05) is 0 Å². The first-order valence-electron chi connectivity index (χ1n) is 39.7. The van der Waals surface area contributed by atoms with Gasteiger partial charge in [-0.05, 0) is 51.4 Å². The number of amides is 1. The highest BCUT2D eigenvalue weighted by atomic mass is 16.7. The van der Waals surface area contributed by atoms with Crippen molar-refractivity contribution in [3.63, 3.8) is 0 Å². The fraction of sp³-hybridized carbons (Fsp3) is 0.912. The van der Waals surface area contributed by atoms with Gasteiger partial charge in [-0.1, -0.05) is 391 Å². The number of ether oxygens (including phenoxy) is 2. The number of unbranched alkanes of at least 4 members (excludes halogenated alkanes) is 55. The van der Waals surface area contributed by atoms with Gasteiger partial charge in [0.2, 0.25) is 5.91 Å². The minimum absolute atomic E-state index is 0.133. The predicted octanol–water partition coefficient (Wildman–Crippen LogP) is 22.5. The summed E-state index contributed by atoms with van der Waals surface area (Å²) in [5.74, 6) is -0.134. The van der Waals surface area contributed by atoms with Crippen molar-refractivity contribution in [1.82, 2.24) is 5.32 Å². The van der Waals surface area contributed by atoms with Crippen LogP contribution >= 0.6 is 0 Å². The number of hydrogen-bond donors (Lipinski definition) is 6. The van der Waals surface area contributed by atoms with E-state index in [9.17, 15) is 30.3 Å². The SMILES string of the molecule is CCCCCCC/C=C\C/C=C\C/C=C\CCCCCCCCCCCCCCCCCCCCCCCCCCC(=O)NC(COC1OC(CO)C(O)C(O)C1O)C(O)CCCCCCCCCCCCCCCCCCCCCCCCCCCCC. The summed E-state index contributed by atoms with van der Waals surface area (Å²) in [5.41, 5.74) is 0. The number of rotatable bonds is 71. The Morgan fingerprint density at radius 3 is 0.978 bits per heavy atom. The Hall–Kier alpha value is -1.59. The molecule has 1 aliphatic heterocycles. The first-order chi connectivity index (χ1) is 43.8. The Bertz CT molecular complexity index is 1500.